The zero-order valence-electron chi connectivity index (χ0n) is 38.3. The molecule has 1 aliphatic heterocycles. The van der Waals surface area contributed by atoms with Gasteiger partial charge < -0.3 is 14.0 Å². The molecule has 0 saturated carbocycles. The first kappa shape index (κ1) is 39.9. The molecule has 3 nitrogen and oxygen atoms in total. The normalized spacial score (nSPS) is 12.9. The van der Waals surface area contributed by atoms with E-state index in [2.05, 4.69) is 287 Å². The summed E-state index contributed by atoms with van der Waals surface area (Å²) in [6, 6.07) is 100. The average molecular weight is 892 g/mol. The van der Waals surface area contributed by atoms with Crippen molar-refractivity contribution in [3.63, 3.8) is 0 Å². The minimum absolute atomic E-state index is 0.579. The highest BCUT2D eigenvalue weighted by molar-refractivity contribution is 6.12. The van der Waals surface area contributed by atoms with Crippen molar-refractivity contribution in [2.24, 2.45) is 0 Å². The van der Waals surface area contributed by atoms with Crippen LogP contribution >= 0.6 is 0 Å². The van der Waals surface area contributed by atoms with Gasteiger partial charge in [0, 0.05) is 38.6 Å². The number of hydrogen-bond acceptors (Lipinski definition) is 1. The predicted octanol–water partition coefficient (Wildman–Crippen LogP) is 17.4. The van der Waals surface area contributed by atoms with E-state index < -0.39 is 5.41 Å². The van der Waals surface area contributed by atoms with Crippen LogP contribution in [0.25, 0.3) is 77.2 Å². The van der Waals surface area contributed by atoms with E-state index in [0.717, 1.165) is 11.4 Å². The molecule has 0 spiro atoms. The number of para-hydroxylation sites is 5. The first-order valence-corrected chi connectivity index (χ1v) is 24.2. The monoisotopic (exact) mass is 891 g/mol. The minimum Gasteiger partial charge on any atom is -0.310 e. The van der Waals surface area contributed by atoms with Crippen LogP contribution in [0.15, 0.2) is 273 Å². The lowest BCUT2D eigenvalue weighted by Gasteiger charge is -2.46. The van der Waals surface area contributed by atoms with E-state index in [1.807, 2.05) is 0 Å². The molecule has 0 radical (unpaired) electrons. The van der Waals surface area contributed by atoms with Gasteiger partial charge in [0.15, 0.2) is 0 Å². The molecule has 3 heterocycles. The molecule has 13 aromatic rings. The van der Waals surface area contributed by atoms with Crippen molar-refractivity contribution in [1.82, 2.24) is 9.13 Å². The summed E-state index contributed by atoms with van der Waals surface area (Å²) in [5.74, 6) is 0. The highest BCUT2D eigenvalue weighted by Crippen LogP contribution is 2.58. The van der Waals surface area contributed by atoms with Crippen LogP contribution in [0.5, 0.6) is 0 Å². The van der Waals surface area contributed by atoms with E-state index in [9.17, 15) is 0 Å². The van der Waals surface area contributed by atoms with Crippen molar-refractivity contribution in [3.05, 3.63) is 295 Å². The van der Waals surface area contributed by atoms with E-state index in [-0.39, 0.29) is 0 Å². The third-order valence-corrected chi connectivity index (χ3v) is 14.8. The van der Waals surface area contributed by atoms with Gasteiger partial charge in [0.1, 0.15) is 0 Å². The molecule has 0 fully saturated rings. The van der Waals surface area contributed by atoms with Gasteiger partial charge in [-0.15, -0.1) is 0 Å². The molecule has 1 aliphatic rings. The average Bonchev–Trinajstić information content (AvgIpc) is 3.95. The lowest BCUT2D eigenvalue weighted by atomic mass is 9.62. The summed E-state index contributed by atoms with van der Waals surface area (Å²) in [7, 11) is 0. The van der Waals surface area contributed by atoms with Gasteiger partial charge in [0.2, 0.25) is 0 Å². The summed E-state index contributed by atoms with van der Waals surface area (Å²) in [6.45, 7) is 0. The van der Waals surface area contributed by atoms with E-state index >= 15 is 0 Å². The number of anilines is 3. The largest absolute Gasteiger partial charge is 0.310 e. The van der Waals surface area contributed by atoms with Crippen molar-refractivity contribution < 1.29 is 0 Å². The Bertz CT molecular complexity index is 4050. The van der Waals surface area contributed by atoms with Crippen molar-refractivity contribution in [1.29, 1.82) is 0 Å². The molecule has 0 atom stereocenters. The molecule has 328 valence electrons. The summed E-state index contributed by atoms with van der Waals surface area (Å²) in [4.78, 5) is 2.44. The Hall–Kier alpha value is -9.18. The maximum atomic E-state index is 2.45. The Balaban J connectivity index is 0.895. The Morgan fingerprint density at radius 1 is 0.243 bits per heavy atom. The second kappa shape index (κ2) is 16.0. The zero-order valence-corrected chi connectivity index (χ0v) is 38.3. The molecule has 0 aliphatic carbocycles. The summed E-state index contributed by atoms with van der Waals surface area (Å²) in [5, 5.41) is 4.98. The smallest absolute Gasteiger partial charge is 0.0742 e. The molecule has 0 N–H and O–H groups in total. The quantitative estimate of drug-likeness (QED) is 0.155. The van der Waals surface area contributed by atoms with Crippen molar-refractivity contribution in [2.75, 3.05) is 4.90 Å². The first-order chi connectivity index (χ1) is 34.7. The number of benzene rings is 11. The molecule has 11 aromatic carbocycles. The second-order valence-electron chi connectivity index (χ2n) is 18.5. The van der Waals surface area contributed by atoms with Gasteiger partial charge in [-0.3, -0.25) is 0 Å². The topological polar surface area (TPSA) is 13.1 Å². The third-order valence-electron chi connectivity index (χ3n) is 14.8. The van der Waals surface area contributed by atoms with Crippen LogP contribution in [0.3, 0.4) is 0 Å². The fourth-order valence-corrected chi connectivity index (χ4v) is 11.7. The summed E-state index contributed by atoms with van der Waals surface area (Å²) < 4.78 is 4.80. The molecule has 2 aromatic heterocycles. The number of nitrogens with zero attached hydrogens (tertiary/aromatic N) is 3. The van der Waals surface area contributed by atoms with Gasteiger partial charge >= 0.3 is 0 Å². The Morgan fingerprint density at radius 3 is 1.21 bits per heavy atom. The molecule has 0 bridgehead atoms. The van der Waals surface area contributed by atoms with Gasteiger partial charge in [-0.2, -0.15) is 0 Å². The van der Waals surface area contributed by atoms with E-state index in [4.69, 9.17) is 0 Å². The fourth-order valence-electron chi connectivity index (χ4n) is 11.7. The van der Waals surface area contributed by atoms with E-state index in [1.165, 1.54) is 105 Å². The highest BCUT2D eigenvalue weighted by Gasteiger charge is 2.46. The van der Waals surface area contributed by atoms with Crippen LogP contribution in [0, 0.1) is 0 Å². The Kier molecular flexibility index (Phi) is 9.11. The van der Waals surface area contributed by atoms with Crippen LogP contribution in [-0.2, 0) is 5.41 Å². The number of hydrogen-bond donors (Lipinski definition) is 0. The first-order valence-electron chi connectivity index (χ1n) is 24.2. The number of fused-ring (bicyclic) bond motifs is 8. The minimum atomic E-state index is -0.579. The van der Waals surface area contributed by atoms with Gasteiger partial charge in [-0.1, -0.05) is 182 Å². The van der Waals surface area contributed by atoms with Gasteiger partial charge in [-0.05, 0) is 136 Å². The van der Waals surface area contributed by atoms with Crippen molar-refractivity contribution in [2.45, 2.75) is 5.41 Å². The van der Waals surface area contributed by atoms with E-state index in [0.29, 0.717) is 0 Å². The van der Waals surface area contributed by atoms with Crippen molar-refractivity contribution in [3.8, 4) is 33.6 Å². The molecule has 0 unspecified atom stereocenters. The molecule has 14 rings (SSSR count). The Morgan fingerprint density at radius 2 is 0.643 bits per heavy atom. The predicted molar refractivity (Wildman–Crippen MR) is 293 cm³/mol. The molecule has 3 heteroatoms. The standard InChI is InChI=1S/C67H45N3/c1-5-19-50(20-6-1)67(51-21-7-2-8-22-51)59-29-15-18-32-65(59)70(53-25-11-4-12-26-53)66-42-37-49(45-60(66)67)46-33-38-54(39-34-46)69-62-31-17-14-28-56(62)58-44-48(36-41-64(58)69)47-35-40-63-57(43-47)55-27-13-16-30-61(55)68(63)52-23-9-3-10-24-52/h1-45H. The van der Waals surface area contributed by atoms with Crippen LogP contribution in [-0.4, -0.2) is 9.13 Å². The molecular formula is C67H45N3. The molecule has 0 amide bonds. The molecule has 0 saturated heterocycles. The van der Waals surface area contributed by atoms with Crippen LogP contribution in [0.4, 0.5) is 17.1 Å². The summed E-state index contributed by atoms with van der Waals surface area (Å²) in [5.41, 5.74) is 19.7. The lowest BCUT2D eigenvalue weighted by Crippen LogP contribution is -2.37. The maximum absolute atomic E-state index is 2.45. The van der Waals surface area contributed by atoms with Crippen LogP contribution in [0.2, 0.25) is 0 Å². The fraction of sp³-hybridized carbons (Fsp3) is 0.0149. The van der Waals surface area contributed by atoms with Gasteiger partial charge in [-0.25, -0.2) is 0 Å². The second-order valence-corrected chi connectivity index (χ2v) is 18.5. The number of rotatable bonds is 7. The Labute approximate surface area is 407 Å². The van der Waals surface area contributed by atoms with Crippen molar-refractivity contribution >= 4 is 60.7 Å². The molecule has 70 heavy (non-hydrogen) atoms. The zero-order chi connectivity index (χ0) is 46.2. The third kappa shape index (κ3) is 6.01. The lowest BCUT2D eigenvalue weighted by molar-refractivity contribution is 0.731. The van der Waals surface area contributed by atoms with Crippen LogP contribution < -0.4 is 4.90 Å². The number of aromatic nitrogens is 2. The maximum Gasteiger partial charge on any atom is 0.0742 e. The van der Waals surface area contributed by atoms with E-state index in [1.54, 1.807) is 0 Å². The SMILES string of the molecule is c1ccc(N2c3ccccc3C(c3ccccc3)(c3ccccc3)c3cc(-c4ccc(-n5c6ccccc6c6cc(-c7ccc8c(c7)c7ccccc7n8-c7ccccc7)ccc65)cc4)ccc32)cc1. The van der Waals surface area contributed by atoms with Gasteiger partial charge in [0.25, 0.3) is 0 Å². The summed E-state index contributed by atoms with van der Waals surface area (Å²) in [6.07, 6.45) is 0. The van der Waals surface area contributed by atoms with Crippen LogP contribution in [0.1, 0.15) is 22.3 Å². The molecular weight excluding hydrogens is 847 g/mol. The highest BCUT2D eigenvalue weighted by atomic mass is 15.2. The summed E-state index contributed by atoms with van der Waals surface area (Å²) >= 11 is 0. The van der Waals surface area contributed by atoms with Gasteiger partial charge in [0.05, 0.1) is 38.9 Å².